The van der Waals surface area contributed by atoms with E-state index in [4.69, 9.17) is 4.74 Å². The summed E-state index contributed by atoms with van der Waals surface area (Å²) in [5, 5.41) is 10.4. The van der Waals surface area contributed by atoms with Crippen molar-refractivity contribution >= 4 is 5.97 Å². The van der Waals surface area contributed by atoms with Gasteiger partial charge in [-0.15, -0.1) is 0 Å². The lowest BCUT2D eigenvalue weighted by atomic mass is 9.66. The van der Waals surface area contributed by atoms with Gasteiger partial charge in [-0.1, -0.05) is 13.8 Å². The molecule has 1 atom stereocenters. The second-order valence-electron chi connectivity index (χ2n) is 4.50. The Morgan fingerprint density at radius 1 is 1.40 bits per heavy atom. The number of aliphatic hydroxyl groups is 1. The lowest BCUT2D eigenvalue weighted by Crippen LogP contribution is -2.56. The monoisotopic (exact) mass is 216 g/mol. The molecule has 1 unspecified atom stereocenters. The van der Waals surface area contributed by atoms with Crippen molar-refractivity contribution in [1.29, 1.82) is 0 Å². The Kier molecular flexibility index (Phi) is 3.73. The quantitative estimate of drug-likeness (QED) is 0.711. The summed E-state index contributed by atoms with van der Waals surface area (Å²) >= 11 is 0. The van der Waals surface area contributed by atoms with Crippen molar-refractivity contribution in [3.63, 3.8) is 0 Å². The van der Waals surface area contributed by atoms with Gasteiger partial charge in [0.1, 0.15) is 0 Å². The molecule has 1 N–H and O–H groups in total. The number of hydrogen-bond acceptors (Lipinski definition) is 4. The van der Waals surface area contributed by atoms with Gasteiger partial charge in [-0.25, -0.2) is 4.79 Å². The second kappa shape index (κ2) is 4.49. The molecule has 0 aromatic carbocycles. The van der Waals surface area contributed by atoms with Crippen LogP contribution in [-0.4, -0.2) is 37.0 Å². The lowest BCUT2D eigenvalue weighted by Gasteiger charge is -2.45. The molecule has 88 valence electrons. The molecule has 1 saturated carbocycles. The molecule has 0 saturated heterocycles. The van der Waals surface area contributed by atoms with Gasteiger partial charge in [0.05, 0.1) is 13.2 Å². The molecule has 1 aliphatic rings. The van der Waals surface area contributed by atoms with Gasteiger partial charge in [0.15, 0.2) is 5.60 Å². The zero-order chi connectivity index (χ0) is 11.6. The Morgan fingerprint density at radius 3 is 2.27 bits per heavy atom. The molecule has 0 heterocycles. The van der Waals surface area contributed by atoms with Crippen LogP contribution in [0.3, 0.4) is 0 Å². The fraction of sp³-hybridized carbons (Fsp3) is 0.909. The van der Waals surface area contributed by atoms with E-state index >= 15 is 0 Å². The van der Waals surface area contributed by atoms with Crippen molar-refractivity contribution in [3.05, 3.63) is 0 Å². The van der Waals surface area contributed by atoms with E-state index in [0.717, 1.165) is 12.8 Å². The summed E-state index contributed by atoms with van der Waals surface area (Å²) in [5.41, 5.74) is -1.36. The van der Waals surface area contributed by atoms with Crippen LogP contribution in [0.4, 0.5) is 0 Å². The maximum atomic E-state index is 11.6. The molecule has 1 rings (SSSR count). The molecular formula is C11H20O4. The molecule has 0 aliphatic heterocycles. The number of carbonyl (C=O) groups is 1. The topological polar surface area (TPSA) is 55.8 Å². The highest BCUT2D eigenvalue weighted by molar-refractivity contribution is 5.80. The predicted octanol–water partition coefficient (Wildman–Crippen LogP) is 0.971. The molecule has 0 radical (unpaired) electrons. The van der Waals surface area contributed by atoms with E-state index < -0.39 is 11.6 Å². The number of hydrogen-bond donors (Lipinski definition) is 1. The average Bonchev–Trinajstić information content (AvgIpc) is 2.14. The maximum absolute atomic E-state index is 11.6. The van der Waals surface area contributed by atoms with Gasteiger partial charge in [-0.3, -0.25) is 0 Å². The summed E-state index contributed by atoms with van der Waals surface area (Å²) < 4.78 is 9.81. The first-order chi connectivity index (χ1) is 6.96. The normalized spacial score (nSPS) is 29.5. The zero-order valence-corrected chi connectivity index (χ0v) is 9.82. The fourth-order valence-corrected chi connectivity index (χ4v) is 2.15. The Hall–Kier alpha value is -0.610. The average molecular weight is 216 g/mol. The number of ether oxygens (including phenoxy) is 2. The minimum atomic E-state index is -1.36. The smallest absolute Gasteiger partial charge is 0.338 e. The van der Waals surface area contributed by atoms with Crippen LogP contribution in [0.25, 0.3) is 0 Å². The third kappa shape index (κ3) is 2.01. The lowest BCUT2D eigenvalue weighted by molar-refractivity contribution is -0.188. The van der Waals surface area contributed by atoms with Crippen molar-refractivity contribution in [3.8, 4) is 0 Å². The van der Waals surface area contributed by atoms with Crippen LogP contribution < -0.4 is 0 Å². The third-order valence-electron chi connectivity index (χ3n) is 3.44. The second-order valence-corrected chi connectivity index (χ2v) is 4.50. The first-order valence-electron chi connectivity index (χ1n) is 5.30. The van der Waals surface area contributed by atoms with Crippen molar-refractivity contribution < 1.29 is 19.4 Å². The molecule has 1 fully saturated rings. The molecule has 0 aromatic heterocycles. The first kappa shape index (κ1) is 12.5. The van der Waals surface area contributed by atoms with Gasteiger partial charge >= 0.3 is 5.97 Å². The van der Waals surface area contributed by atoms with Crippen LogP contribution in [0.5, 0.6) is 0 Å². The van der Waals surface area contributed by atoms with Crippen molar-refractivity contribution in [2.75, 3.05) is 14.2 Å². The summed E-state index contributed by atoms with van der Waals surface area (Å²) in [7, 11) is 2.95. The van der Waals surface area contributed by atoms with E-state index in [1.165, 1.54) is 7.11 Å². The van der Waals surface area contributed by atoms with Crippen LogP contribution in [0.1, 0.15) is 26.7 Å². The SMILES string of the molecule is COC(=O)C(O)(C(C)C)C1CC(OC)C1. The van der Waals surface area contributed by atoms with E-state index in [1.54, 1.807) is 7.11 Å². The highest BCUT2D eigenvalue weighted by atomic mass is 16.5. The zero-order valence-electron chi connectivity index (χ0n) is 9.82. The minimum absolute atomic E-state index is 0.0464. The minimum Gasteiger partial charge on any atom is -0.467 e. The van der Waals surface area contributed by atoms with Crippen LogP contribution in [-0.2, 0) is 14.3 Å². The van der Waals surface area contributed by atoms with Gasteiger partial charge in [0.2, 0.25) is 0 Å². The Labute approximate surface area is 90.6 Å². The summed E-state index contributed by atoms with van der Waals surface area (Å²) in [6.45, 7) is 3.66. The molecule has 4 heteroatoms. The molecule has 0 bridgehead atoms. The van der Waals surface area contributed by atoms with Crippen LogP contribution in [0.15, 0.2) is 0 Å². The summed E-state index contributed by atoms with van der Waals surface area (Å²) in [4.78, 5) is 11.6. The third-order valence-corrected chi connectivity index (χ3v) is 3.44. The molecule has 4 nitrogen and oxygen atoms in total. The van der Waals surface area contributed by atoms with E-state index in [2.05, 4.69) is 4.74 Å². The Bertz CT molecular complexity index is 233. The van der Waals surface area contributed by atoms with Crippen molar-refractivity contribution in [2.24, 2.45) is 11.8 Å². The summed E-state index contributed by atoms with van der Waals surface area (Å²) in [6, 6.07) is 0. The molecule has 15 heavy (non-hydrogen) atoms. The summed E-state index contributed by atoms with van der Waals surface area (Å²) in [5.74, 6) is -0.722. The number of rotatable bonds is 4. The van der Waals surface area contributed by atoms with Gasteiger partial charge in [-0.2, -0.15) is 0 Å². The van der Waals surface area contributed by atoms with E-state index in [-0.39, 0.29) is 17.9 Å². The standard InChI is InChI=1S/C11H20O4/c1-7(2)11(13,10(12)15-4)8-5-9(6-8)14-3/h7-9,13H,5-6H2,1-4H3. The largest absolute Gasteiger partial charge is 0.467 e. The predicted molar refractivity (Wildman–Crippen MR) is 55.3 cm³/mol. The van der Waals surface area contributed by atoms with Gasteiger partial charge < -0.3 is 14.6 Å². The Balaban J connectivity index is 2.71. The maximum Gasteiger partial charge on any atom is 0.338 e. The van der Waals surface area contributed by atoms with Crippen molar-refractivity contribution in [1.82, 2.24) is 0 Å². The molecule has 0 amide bonds. The summed E-state index contributed by atoms with van der Waals surface area (Å²) in [6.07, 6.45) is 1.62. The molecular weight excluding hydrogens is 196 g/mol. The van der Waals surface area contributed by atoms with E-state index in [1.807, 2.05) is 13.8 Å². The van der Waals surface area contributed by atoms with Gasteiger partial charge in [-0.05, 0) is 18.8 Å². The fourth-order valence-electron chi connectivity index (χ4n) is 2.15. The number of esters is 1. The van der Waals surface area contributed by atoms with Gasteiger partial charge in [0, 0.05) is 13.0 Å². The molecule has 1 aliphatic carbocycles. The number of methoxy groups -OCH3 is 2. The van der Waals surface area contributed by atoms with Gasteiger partial charge in [0.25, 0.3) is 0 Å². The first-order valence-corrected chi connectivity index (χ1v) is 5.30. The highest BCUT2D eigenvalue weighted by Gasteiger charge is 2.52. The Morgan fingerprint density at radius 2 is 1.93 bits per heavy atom. The van der Waals surface area contributed by atoms with E-state index in [9.17, 15) is 9.90 Å². The molecule has 0 spiro atoms. The van der Waals surface area contributed by atoms with Crippen LogP contribution in [0.2, 0.25) is 0 Å². The van der Waals surface area contributed by atoms with Crippen molar-refractivity contribution in [2.45, 2.75) is 38.4 Å². The van der Waals surface area contributed by atoms with Crippen LogP contribution >= 0.6 is 0 Å². The van der Waals surface area contributed by atoms with E-state index in [0.29, 0.717) is 0 Å². The molecule has 0 aromatic rings. The van der Waals surface area contributed by atoms with Crippen LogP contribution in [0, 0.1) is 11.8 Å². The number of carbonyl (C=O) groups excluding carboxylic acids is 1. The highest BCUT2D eigenvalue weighted by Crippen LogP contribution is 2.42.